The number of carbonyl (C=O) groups is 1. The predicted molar refractivity (Wildman–Crippen MR) is 54.6 cm³/mol. The maximum Gasteiger partial charge on any atom is 0.416 e. The molecule has 0 spiro atoms. The minimum Gasteiger partial charge on any atom is -0.367 e. The normalized spacial score (nSPS) is 13.2. The second-order valence-corrected chi connectivity index (χ2v) is 3.20. The van der Waals surface area contributed by atoms with Gasteiger partial charge >= 0.3 is 6.18 Å². The molecule has 0 fully saturated rings. The van der Waals surface area contributed by atoms with Gasteiger partial charge in [-0.3, -0.25) is 4.79 Å². The summed E-state index contributed by atoms with van der Waals surface area (Å²) >= 11 is 0. The molecule has 0 aliphatic carbocycles. The topological polar surface area (TPSA) is 91.6 Å². The Bertz CT molecular complexity index is 519. The summed E-state index contributed by atoms with van der Waals surface area (Å²) < 4.78 is 37.1. The molecule has 1 aromatic rings. The fraction of sp³-hybridized carbons (Fsp3) is 0.200. The molecule has 0 aliphatic rings. The van der Waals surface area contributed by atoms with Gasteiger partial charge in [-0.05, 0) is 18.2 Å². The number of alkyl halides is 3. The molecular weight excluding hydrogens is 249 g/mol. The Morgan fingerprint density at radius 3 is 2.61 bits per heavy atom. The van der Waals surface area contributed by atoms with Crippen LogP contribution in [0.4, 0.5) is 18.9 Å². The lowest BCUT2D eigenvalue weighted by Crippen LogP contribution is -2.24. The third kappa shape index (κ3) is 3.55. The second kappa shape index (κ2) is 5.27. The van der Waals surface area contributed by atoms with Gasteiger partial charge in [-0.1, -0.05) is 6.07 Å². The molecule has 0 saturated heterocycles. The Morgan fingerprint density at radius 2 is 2.11 bits per heavy atom. The van der Waals surface area contributed by atoms with E-state index in [2.05, 4.69) is 10.2 Å². The van der Waals surface area contributed by atoms with Crippen LogP contribution in [-0.2, 0) is 11.0 Å². The molecule has 0 radical (unpaired) electrons. The summed E-state index contributed by atoms with van der Waals surface area (Å²) in [5.41, 5.74) is 3.80. The van der Waals surface area contributed by atoms with Gasteiger partial charge in [-0.15, -0.1) is 0 Å². The summed E-state index contributed by atoms with van der Waals surface area (Å²) in [6, 6.07) is 3.96. The Morgan fingerprint density at radius 1 is 1.44 bits per heavy atom. The summed E-state index contributed by atoms with van der Waals surface area (Å²) in [4.78, 5) is 10.6. The Labute approximate surface area is 99.7 Å². The van der Waals surface area contributed by atoms with E-state index in [9.17, 15) is 18.0 Å². The minimum atomic E-state index is -4.50. The molecule has 94 valence electrons. The zero-order chi connectivity index (χ0) is 13.8. The van der Waals surface area contributed by atoms with Crippen LogP contribution in [0.5, 0.6) is 0 Å². The molecule has 0 saturated carbocycles. The van der Waals surface area contributed by atoms with Crippen molar-refractivity contribution < 1.29 is 18.0 Å². The van der Waals surface area contributed by atoms with Crippen LogP contribution in [0.25, 0.3) is 0 Å². The molecule has 2 N–H and O–H groups in total. The molecular formula is C10H7F3N4O. The van der Waals surface area contributed by atoms with Crippen molar-refractivity contribution in [3.8, 4) is 6.07 Å². The van der Waals surface area contributed by atoms with E-state index in [1.54, 1.807) is 0 Å². The van der Waals surface area contributed by atoms with Crippen LogP contribution in [0.3, 0.4) is 0 Å². The van der Waals surface area contributed by atoms with Gasteiger partial charge in [0.05, 0.1) is 11.3 Å². The minimum absolute atomic E-state index is 0.119. The maximum atomic E-state index is 12.4. The van der Waals surface area contributed by atoms with Crippen LogP contribution in [0.1, 0.15) is 5.56 Å². The number of rotatable bonds is 3. The first-order chi connectivity index (χ1) is 8.34. The van der Waals surface area contributed by atoms with E-state index in [1.165, 1.54) is 12.1 Å². The number of nitrogens with two attached hydrogens (primary N) is 1. The first-order valence-corrected chi connectivity index (χ1v) is 4.61. The van der Waals surface area contributed by atoms with Gasteiger partial charge in [0.1, 0.15) is 6.07 Å². The van der Waals surface area contributed by atoms with E-state index >= 15 is 0 Å². The third-order valence-electron chi connectivity index (χ3n) is 1.85. The number of primary amides is 1. The lowest BCUT2D eigenvalue weighted by atomic mass is 10.2. The zero-order valence-corrected chi connectivity index (χ0v) is 8.85. The van der Waals surface area contributed by atoms with Crippen LogP contribution in [0.15, 0.2) is 34.5 Å². The van der Waals surface area contributed by atoms with Gasteiger partial charge in [0, 0.05) is 0 Å². The molecule has 0 aromatic heterocycles. The standard InChI is InChI=1S/C10H7F3N4O/c11-10(12,13)6-2-1-3-7(4-6)16-17-8(5-14)9(15)18/h1-4,8H,(H2,15,18)/t8-/m0/s1. The van der Waals surface area contributed by atoms with Crippen LogP contribution < -0.4 is 5.73 Å². The molecule has 0 bridgehead atoms. The molecule has 1 atom stereocenters. The van der Waals surface area contributed by atoms with Gasteiger partial charge in [-0.2, -0.15) is 28.7 Å². The van der Waals surface area contributed by atoms with Gasteiger partial charge in [-0.25, -0.2) is 0 Å². The Kier molecular flexibility index (Phi) is 3.99. The number of azo groups is 1. The summed E-state index contributed by atoms with van der Waals surface area (Å²) in [7, 11) is 0. The number of nitrogens with zero attached hydrogens (tertiary/aromatic N) is 3. The van der Waals surface area contributed by atoms with Crippen molar-refractivity contribution in [3.05, 3.63) is 29.8 Å². The van der Waals surface area contributed by atoms with E-state index in [0.29, 0.717) is 0 Å². The largest absolute Gasteiger partial charge is 0.416 e. The van der Waals surface area contributed by atoms with Crippen molar-refractivity contribution in [3.63, 3.8) is 0 Å². The molecule has 0 aliphatic heterocycles. The molecule has 1 aromatic carbocycles. The lowest BCUT2D eigenvalue weighted by Gasteiger charge is -2.06. The van der Waals surface area contributed by atoms with E-state index in [-0.39, 0.29) is 5.69 Å². The van der Waals surface area contributed by atoms with Crippen molar-refractivity contribution in [2.45, 2.75) is 12.2 Å². The van der Waals surface area contributed by atoms with Gasteiger partial charge in [0.2, 0.25) is 6.04 Å². The fourth-order valence-corrected chi connectivity index (χ4v) is 1.02. The molecule has 1 amide bonds. The Balaban J connectivity index is 2.96. The number of amides is 1. The molecule has 18 heavy (non-hydrogen) atoms. The number of halogens is 3. The van der Waals surface area contributed by atoms with Crippen molar-refractivity contribution in [2.75, 3.05) is 0 Å². The van der Waals surface area contributed by atoms with Crippen molar-refractivity contribution >= 4 is 11.6 Å². The van der Waals surface area contributed by atoms with Crippen molar-refractivity contribution in [2.24, 2.45) is 16.0 Å². The van der Waals surface area contributed by atoms with Crippen LogP contribution in [0, 0.1) is 11.3 Å². The number of hydrogen-bond donors (Lipinski definition) is 1. The first-order valence-electron chi connectivity index (χ1n) is 4.61. The molecule has 0 heterocycles. The number of hydrogen-bond acceptors (Lipinski definition) is 4. The number of carbonyl (C=O) groups excluding carboxylic acids is 1. The van der Waals surface area contributed by atoms with Crippen LogP contribution >= 0.6 is 0 Å². The maximum absolute atomic E-state index is 12.4. The van der Waals surface area contributed by atoms with E-state index in [0.717, 1.165) is 18.2 Å². The molecule has 1 rings (SSSR count). The summed E-state index contributed by atoms with van der Waals surface area (Å²) in [6.07, 6.45) is -4.50. The highest BCUT2D eigenvalue weighted by Crippen LogP contribution is 2.31. The Hall–Kier alpha value is -2.43. The predicted octanol–water partition coefficient (Wildman–Crippen LogP) is 2.17. The summed E-state index contributed by atoms with van der Waals surface area (Å²) in [6.45, 7) is 0. The monoisotopic (exact) mass is 256 g/mol. The first kappa shape index (κ1) is 13.6. The average molecular weight is 256 g/mol. The van der Waals surface area contributed by atoms with Gasteiger partial charge in [0.25, 0.3) is 5.91 Å². The van der Waals surface area contributed by atoms with Crippen molar-refractivity contribution in [1.82, 2.24) is 0 Å². The highest BCUT2D eigenvalue weighted by molar-refractivity contribution is 5.82. The summed E-state index contributed by atoms with van der Waals surface area (Å²) in [5.74, 6) is -1.02. The van der Waals surface area contributed by atoms with E-state index < -0.39 is 23.7 Å². The average Bonchev–Trinajstić information content (AvgIpc) is 2.28. The summed E-state index contributed by atoms with van der Waals surface area (Å²) in [5, 5.41) is 15.1. The second-order valence-electron chi connectivity index (χ2n) is 3.20. The van der Waals surface area contributed by atoms with E-state index in [1.807, 2.05) is 0 Å². The van der Waals surface area contributed by atoms with E-state index in [4.69, 9.17) is 11.0 Å². The number of nitriles is 1. The molecule has 5 nitrogen and oxygen atoms in total. The van der Waals surface area contributed by atoms with Crippen LogP contribution in [-0.4, -0.2) is 11.9 Å². The third-order valence-corrected chi connectivity index (χ3v) is 1.85. The number of benzene rings is 1. The lowest BCUT2D eigenvalue weighted by molar-refractivity contribution is -0.137. The fourth-order valence-electron chi connectivity index (χ4n) is 1.02. The van der Waals surface area contributed by atoms with Crippen molar-refractivity contribution in [1.29, 1.82) is 5.26 Å². The molecule has 0 unspecified atom stereocenters. The van der Waals surface area contributed by atoms with Gasteiger partial charge < -0.3 is 5.73 Å². The zero-order valence-electron chi connectivity index (χ0n) is 8.85. The van der Waals surface area contributed by atoms with Gasteiger partial charge in [0.15, 0.2) is 0 Å². The SMILES string of the molecule is N#C[C@H](N=Nc1cccc(C(F)(F)F)c1)C(N)=O. The molecule has 8 heteroatoms. The highest BCUT2D eigenvalue weighted by Gasteiger charge is 2.30. The smallest absolute Gasteiger partial charge is 0.367 e. The quantitative estimate of drug-likeness (QED) is 0.839. The highest BCUT2D eigenvalue weighted by atomic mass is 19.4. The van der Waals surface area contributed by atoms with Crippen LogP contribution in [0.2, 0.25) is 0 Å².